The average Bonchev–Trinajstić information content (AvgIpc) is 3.80. The van der Waals surface area contributed by atoms with Gasteiger partial charge in [-0.15, -0.1) is 45.9 Å². The highest BCUT2D eigenvalue weighted by Crippen LogP contribution is 2.33. The number of fused-ring (bicyclic) bond motifs is 4. The number of carbonyl (C=O) groups is 6. The number of esters is 5. The van der Waals surface area contributed by atoms with E-state index in [-0.39, 0.29) is 46.5 Å². The van der Waals surface area contributed by atoms with Gasteiger partial charge >= 0.3 is 29.8 Å². The Balaban J connectivity index is 2.00. The quantitative estimate of drug-likeness (QED) is 0.101. The molecule has 3 heterocycles. The highest BCUT2D eigenvalue weighted by molar-refractivity contribution is 7.10. The standard InChI is InChI=1S/C40H58Cl2N4O11S2/c1-20(2)15-25(43-34(49)32(21(3)4)46(10)11)29(54-24(8)47)16-31(48)55-30-17-53-38(51)26-18-59-36(45-26)33(22(5)6)57-37(50)23(7)28(13-12-14-40(9,41)42)56-39(52)27-19-58-35(30)44-27/h18-23,25,28-30,32-33H,12-17H2,1-11H3,(H,43,49)/t23-,25-,28?,29+,30+,32-,33-/m0/s1. The molecule has 330 valence electrons. The Morgan fingerprint density at radius 2 is 1.59 bits per heavy atom. The van der Waals surface area contributed by atoms with E-state index in [1.54, 1.807) is 32.8 Å². The molecule has 1 unspecified atom stereocenters. The van der Waals surface area contributed by atoms with E-state index >= 15 is 0 Å². The van der Waals surface area contributed by atoms with Gasteiger partial charge < -0.3 is 29.0 Å². The monoisotopic (exact) mass is 904 g/mol. The third-order valence-corrected chi connectivity index (χ3v) is 11.6. The first-order valence-electron chi connectivity index (χ1n) is 19.7. The van der Waals surface area contributed by atoms with Crippen LogP contribution in [0.25, 0.3) is 0 Å². The van der Waals surface area contributed by atoms with Crippen LogP contribution in [0.2, 0.25) is 0 Å². The molecule has 0 saturated heterocycles. The number of cyclic esters (lactones) is 3. The molecule has 4 bridgehead atoms. The van der Waals surface area contributed by atoms with Gasteiger partial charge in [0.1, 0.15) is 33.2 Å². The number of carbonyl (C=O) groups excluding carboxylic acids is 6. The third kappa shape index (κ3) is 15.5. The van der Waals surface area contributed by atoms with E-state index in [2.05, 4.69) is 15.3 Å². The van der Waals surface area contributed by atoms with Crippen LogP contribution in [0.4, 0.5) is 0 Å². The van der Waals surface area contributed by atoms with Crippen molar-refractivity contribution in [3.8, 4) is 0 Å². The Kier molecular flexibility index (Phi) is 19.0. The Morgan fingerprint density at radius 1 is 0.983 bits per heavy atom. The van der Waals surface area contributed by atoms with Crippen molar-refractivity contribution < 1.29 is 52.5 Å². The van der Waals surface area contributed by atoms with E-state index < -0.39 is 89.6 Å². The third-order valence-electron chi connectivity index (χ3n) is 9.40. The minimum absolute atomic E-state index is 0.0340. The molecule has 7 atom stereocenters. The summed E-state index contributed by atoms with van der Waals surface area (Å²) in [6.45, 7) is 15.3. The van der Waals surface area contributed by atoms with Crippen LogP contribution in [0.15, 0.2) is 10.8 Å². The molecule has 3 rings (SSSR count). The smallest absolute Gasteiger partial charge is 0.358 e. The number of nitrogens with one attached hydrogen (secondary N) is 1. The van der Waals surface area contributed by atoms with Crippen molar-refractivity contribution in [2.45, 2.75) is 135 Å². The van der Waals surface area contributed by atoms with Gasteiger partial charge in [0.15, 0.2) is 23.6 Å². The van der Waals surface area contributed by atoms with Gasteiger partial charge in [0.05, 0.1) is 24.4 Å². The molecule has 0 saturated carbocycles. The number of hydrogen-bond donors (Lipinski definition) is 1. The van der Waals surface area contributed by atoms with E-state index in [0.717, 1.165) is 22.7 Å². The Labute approximate surface area is 364 Å². The van der Waals surface area contributed by atoms with Crippen molar-refractivity contribution in [3.05, 3.63) is 32.2 Å². The maximum atomic E-state index is 13.8. The molecule has 1 N–H and O–H groups in total. The highest BCUT2D eigenvalue weighted by atomic mass is 35.5. The molecule has 59 heavy (non-hydrogen) atoms. The zero-order valence-corrected chi connectivity index (χ0v) is 38.7. The van der Waals surface area contributed by atoms with E-state index in [4.69, 9.17) is 46.9 Å². The van der Waals surface area contributed by atoms with Crippen molar-refractivity contribution in [2.75, 3.05) is 20.7 Å². The maximum Gasteiger partial charge on any atom is 0.358 e. The molecule has 0 aromatic carbocycles. The summed E-state index contributed by atoms with van der Waals surface area (Å²) in [5.41, 5.74) is -0.205. The lowest BCUT2D eigenvalue weighted by molar-refractivity contribution is -0.161. The topological polar surface area (TPSA) is 190 Å². The van der Waals surface area contributed by atoms with Crippen LogP contribution in [-0.2, 0) is 42.9 Å². The number of nitrogens with zero attached hydrogens (tertiary/aromatic N) is 3. The number of likely N-dealkylation sites (N-methyl/N-ethyl adjacent to an activating group) is 1. The fraction of sp³-hybridized carbons (Fsp3) is 0.700. The molecule has 2 aromatic rings. The van der Waals surface area contributed by atoms with Crippen LogP contribution in [-0.4, -0.2) is 99.9 Å². The summed E-state index contributed by atoms with van der Waals surface area (Å²) < 4.78 is 27.9. The molecule has 1 aliphatic rings. The molecular formula is C40H58Cl2N4O11S2. The SMILES string of the molecule is CC(=O)O[C@H](CC(=O)O[C@@H]1COC(=O)c2csc(n2)[C@H](C(C)C)OC(=O)[C@@H](C)C(CCCC(C)(Cl)Cl)OC(=O)c2csc1n2)[C@H](CC(C)C)NC(=O)[C@H](C(C)C)N(C)C. The van der Waals surface area contributed by atoms with Crippen LogP contribution < -0.4 is 5.32 Å². The second-order valence-electron chi connectivity index (χ2n) is 16.3. The van der Waals surface area contributed by atoms with Crippen LogP contribution in [0.1, 0.15) is 138 Å². The van der Waals surface area contributed by atoms with Crippen molar-refractivity contribution in [3.63, 3.8) is 0 Å². The van der Waals surface area contributed by atoms with Gasteiger partial charge in [0.2, 0.25) is 5.91 Å². The van der Waals surface area contributed by atoms with Crippen LogP contribution in [0.5, 0.6) is 0 Å². The van der Waals surface area contributed by atoms with Crippen molar-refractivity contribution in [1.82, 2.24) is 20.2 Å². The zero-order chi connectivity index (χ0) is 44.4. The second-order valence-corrected chi connectivity index (χ2v) is 19.9. The number of rotatable bonds is 16. The zero-order valence-electron chi connectivity index (χ0n) is 35.6. The summed E-state index contributed by atoms with van der Waals surface area (Å²) in [6.07, 6.45) is -3.36. The second kappa shape index (κ2) is 22.5. The molecule has 15 nitrogen and oxygen atoms in total. The lowest BCUT2D eigenvalue weighted by Crippen LogP contribution is -2.54. The van der Waals surface area contributed by atoms with Crippen LogP contribution in [0.3, 0.4) is 0 Å². The summed E-state index contributed by atoms with van der Waals surface area (Å²) in [4.78, 5) is 90.8. The molecule has 0 radical (unpaired) electrons. The van der Waals surface area contributed by atoms with E-state index in [0.29, 0.717) is 24.3 Å². The minimum Gasteiger partial charge on any atom is -0.460 e. The van der Waals surface area contributed by atoms with Crippen LogP contribution in [0, 0.1) is 23.7 Å². The summed E-state index contributed by atoms with van der Waals surface area (Å²) in [6, 6.07) is -1.26. The number of alkyl halides is 2. The first-order valence-corrected chi connectivity index (χ1v) is 22.2. The van der Waals surface area contributed by atoms with Gasteiger partial charge in [-0.1, -0.05) is 41.5 Å². The van der Waals surface area contributed by atoms with Gasteiger partial charge in [0, 0.05) is 17.7 Å². The molecule has 0 aliphatic carbocycles. The Morgan fingerprint density at radius 3 is 2.15 bits per heavy atom. The first-order chi connectivity index (χ1) is 27.5. The van der Waals surface area contributed by atoms with Crippen molar-refractivity contribution in [1.29, 1.82) is 0 Å². The summed E-state index contributed by atoms with van der Waals surface area (Å²) >= 11 is 14.5. The maximum absolute atomic E-state index is 13.8. The molecule has 0 spiro atoms. The summed E-state index contributed by atoms with van der Waals surface area (Å²) in [5, 5.41) is 6.31. The fourth-order valence-corrected chi connectivity index (χ4v) is 8.62. The van der Waals surface area contributed by atoms with Gasteiger partial charge in [-0.2, -0.15) is 0 Å². The number of thiazole rings is 2. The van der Waals surface area contributed by atoms with Gasteiger partial charge in [-0.05, 0) is 71.4 Å². The van der Waals surface area contributed by atoms with Gasteiger partial charge in [-0.3, -0.25) is 24.1 Å². The molecular weight excluding hydrogens is 847 g/mol. The number of amides is 1. The Bertz CT molecular complexity index is 1750. The number of ether oxygens (including phenoxy) is 5. The van der Waals surface area contributed by atoms with Crippen molar-refractivity contribution in [2.24, 2.45) is 23.7 Å². The fourth-order valence-electron chi connectivity index (χ4n) is 6.56. The highest BCUT2D eigenvalue weighted by Gasteiger charge is 2.37. The van der Waals surface area contributed by atoms with E-state index in [1.165, 1.54) is 17.7 Å². The molecule has 1 aliphatic heterocycles. The predicted octanol–water partition coefficient (Wildman–Crippen LogP) is 7.26. The first kappa shape index (κ1) is 50.0. The average molecular weight is 906 g/mol. The number of halogens is 2. The normalized spacial score (nSPS) is 21.0. The van der Waals surface area contributed by atoms with E-state index in [1.807, 2.05) is 41.5 Å². The number of aromatic nitrogens is 2. The largest absolute Gasteiger partial charge is 0.460 e. The lowest BCUT2D eigenvalue weighted by Gasteiger charge is -2.33. The molecule has 1 amide bonds. The van der Waals surface area contributed by atoms with Crippen LogP contribution >= 0.6 is 45.9 Å². The predicted molar refractivity (Wildman–Crippen MR) is 223 cm³/mol. The minimum atomic E-state index is -1.32. The molecule has 0 fully saturated rings. The van der Waals surface area contributed by atoms with Gasteiger partial charge in [-0.25, -0.2) is 19.6 Å². The van der Waals surface area contributed by atoms with Gasteiger partial charge in [0.25, 0.3) is 0 Å². The summed E-state index contributed by atoms with van der Waals surface area (Å²) in [5.74, 6) is -5.36. The van der Waals surface area contributed by atoms with E-state index in [9.17, 15) is 28.8 Å². The lowest BCUT2D eigenvalue weighted by atomic mass is 9.95. The summed E-state index contributed by atoms with van der Waals surface area (Å²) in [7, 11) is 3.58. The molecule has 2 aromatic heterocycles. The van der Waals surface area contributed by atoms with Crippen molar-refractivity contribution >= 4 is 81.6 Å². The number of hydrogen-bond acceptors (Lipinski definition) is 16. The Hall–Kier alpha value is -3.38. The molecule has 19 heteroatoms.